The van der Waals surface area contributed by atoms with Gasteiger partial charge in [0.25, 0.3) is 5.91 Å². The lowest BCUT2D eigenvalue weighted by molar-refractivity contribution is -0.414. The van der Waals surface area contributed by atoms with Crippen molar-refractivity contribution in [2.45, 2.75) is 38.6 Å². The molecule has 8 heteroatoms. The Labute approximate surface area is 158 Å². The molecule has 0 saturated heterocycles. The fourth-order valence-corrected chi connectivity index (χ4v) is 2.43. The zero-order chi connectivity index (χ0) is 19.7. The number of carbonyl (C=O) groups is 3. The molecule has 0 aliphatic rings. The minimum Gasteiger partial charge on any atom is -0.550 e. The van der Waals surface area contributed by atoms with Gasteiger partial charge in [-0.2, -0.15) is 0 Å². The van der Waals surface area contributed by atoms with Gasteiger partial charge in [-0.3, -0.25) is 9.59 Å². The van der Waals surface area contributed by atoms with Crippen molar-refractivity contribution in [3.05, 3.63) is 34.9 Å². The number of halogens is 1. The Bertz CT molecular complexity index is 619. The number of carbonyl (C=O) groups excluding carboxylic acids is 3. The van der Waals surface area contributed by atoms with Crippen LogP contribution in [-0.2, 0) is 14.4 Å². The minimum atomic E-state index is -1.22. The van der Waals surface area contributed by atoms with Gasteiger partial charge in [-0.05, 0) is 17.7 Å². The maximum absolute atomic E-state index is 12.1. The van der Waals surface area contributed by atoms with Crippen LogP contribution in [0, 0.1) is 5.92 Å². The van der Waals surface area contributed by atoms with Crippen LogP contribution >= 0.6 is 11.6 Å². The summed E-state index contributed by atoms with van der Waals surface area (Å²) in [7, 11) is 0. The summed E-state index contributed by atoms with van der Waals surface area (Å²) in [6.45, 7) is 4.11. The summed E-state index contributed by atoms with van der Waals surface area (Å²) < 4.78 is 0. The molecule has 1 aromatic carbocycles. The van der Waals surface area contributed by atoms with Crippen LogP contribution in [0.1, 0.15) is 38.2 Å². The first-order chi connectivity index (χ1) is 12.2. The molecule has 26 heavy (non-hydrogen) atoms. The van der Waals surface area contributed by atoms with Crippen LogP contribution in [0.3, 0.4) is 0 Å². The SMILES string of the molecule is CC(C)[C@H]([NH3+])C(=O)NC[C@H](CC(=O)NCCC(=O)[O-])c1ccc(Cl)cc1. The number of hydrogen-bond acceptors (Lipinski definition) is 4. The molecule has 1 aromatic rings. The fraction of sp³-hybridized carbons (Fsp3) is 0.500. The number of carboxylic acid groups (broad SMARTS) is 1. The monoisotopic (exact) mass is 383 g/mol. The van der Waals surface area contributed by atoms with Crippen molar-refractivity contribution >= 4 is 29.4 Å². The second-order valence-electron chi connectivity index (χ2n) is 6.52. The highest BCUT2D eigenvalue weighted by molar-refractivity contribution is 6.30. The van der Waals surface area contributed by atoms with Gasteiger partial charge in [0.2, 0.25) is 5.91 Å². The first-order valence-corrected chi connectivity index (χ1v) is 8.91. The van der Waals surface area contributed by atoms with Crippen LogP contribution in [0.5, 0.6) is 0 Å². The van der Waals surface area contributed by atoms with E-state index in [1.54, 1.807) is 24.3 Å². The summed E-state index contributed by atoms with van der Waals surface area (Å²) in [6.07, 6.45) is -0.135. The Balaban J connectivity index is 2.73. The van der Waals surface area contributed by atoms with Gasteiger partial charge in [0.15, 0.2) is 6.04 Å². The maximum atomic E-state index is 12.1. The van der Waals surface area contributed by atoms with Gasteiger partial charge in [0.05, 0.1) is 0 Å². The molecule has 144 valence electrons. The molecule has 0 radical (unpaired) electrons. The summed E-state index contributed by atoms with van der Waals surface area (Å²) in [5, 5.41) is 16.4. The van der Waals surface area contributed by atoms with Crippen molar-refractivity contribution in [3.63, 3.8) is 0 Å². The van der Waals surface area contributed by atoms with E-state index in [0.29, 0.717) is 5.02 Å². The Morgan fingerprint density at radius 3 is 2.31 bits per heavy atom. The Hall–Kier alpha value is -2.12. The molecule has 2 amide bonds. The van der Waals surface area contributed by atoms with Crippen molar-refractivity contribution in [3.8, 4) is 0 Å². The van der Waals surface area contributed by atoms with Crippen LogP contribution in [-0.4, -0.2) is 36.9 Å². The van der Waals surface area contributed by atoms with Crippen molar-refractivity contribution in [1.29, 1.82) is 0 Å². The van der Waals surface area contributed by atoms with Crippen LogP contribution < -0.4 is 21.5 Å². The molecule has 0 aliphatic carbocycles. The molecule has 5 N–H and O–H groups in total. The third-order valence-corrected chi connectivity index (χ3v) is 4.34. The van der Waals surface area contributed by atoms with Crippen LogP contribution in [0.4, 0.5) is 0 Å². The van der Waals surface area contributed by atoms with Crippen LogP contribution in [0.2, 0.25) is 5.02 Å². The Kier molecular flexibility index (Phi) is 9.09. The number of benzene rings is 1. The quantitative estimate of drug-likeness (QED) is 0.501. The maximum Gasteiger partial charge on any atom is 0.278 e. The van der Waals surface area contributed by atoms with E-state index in [4.69, 9.17) is 11.6 Å². The minimum absolute atomic E-state index is 0.00909. The van der Waals surface area contributed by atoms with Gasteiger partial charge in [0, 0.05) is 48.8 Å². The highest BCUT2D eigenvalue weighted by Crippen LogP contribution is 2.21. The molecule has 7 nitrogen and oxygen atoms in total. The largest absolute Gasteiger partial charge is 0.550 e. The topological polar surface area (TPSA) is 126 Å². The third kappa shape index (κ3) is 7.84. The molecule has 0 aromatic heterocycles. The van der Waals surface area contributed by atoms with Gasteiger partial charge in [-0.1, -0.05) is 37.6 Å². The highest BCUT2D eigenvalue weighted by atomic mass is 35.5. The summed E-state index contributed by atoms with van der Waals surface area (Å²) in [6, 6.07) is 6.67. The number of amides is 2. The zero-order valence-corrected chi connectivity index (χ0v) is 15.8. The molecule has 0 bridgehead atoms. The smallest absolute Gasteiger partial charge is 0.278 e. The van der Waals surface area contributed by atoms with Gasteiger partial charge in [-0.15, -0.1) is 0 Å². The molecule has 1 rings (SSSR count). The number of carboxylic acids is 1. The number of hydrogen-bond donors (Lipinski definition) is 3. The zero-order valence-electron chi connectivity index (χ0n) is 15.1. The van der Waals surface area contributed by atoms with Crippen molar-refractivity contribution in [1.82, 2.24) is 10.6 Å². The van der Waals surface area contributed by atoms with E-state index < -0.39 is 5.97 Å². The van der Waals surface area contributed by atoms with E-state index in [9.17, 15) is 19.5 Å². The average molecular weight is 384 g/mol. The first-order valence-electron chi connectivity index (χ1n) is 8.53. The Morgan fingerprint density at radius 2 is 1.77 bits per heavy atom. The third-order valence-electron chi connectivity index (χ3n) is 4.09. The van der Waals surface area contributed by atoms with E-state index in [-0.39, 0.29) is 55.6 Å². The molecule has 0 saturated carbocycles. The molecular formula is C18H26ClN3O4. The van der Waals surface area contributed by atoms with Crippen molar-refractivity contribution in [2.75, 3.05) is 13.1 Å². The van der Waals surface area contributed by atoms with Gasteiger partial charge < -0.3 is 26.3 Å². The molecule has 0 heterocycles. The van der Waals surface area contributed by atoms with E-state index in [1.165, 1.54) is 0 Å². The first kappa shape index (κ1) is 21.9. The van der Waals surface area contributed by atoms with E-state index in [2.05, 4.69) is 16.4 Å². The number of nitrogens with one attached hydrogen (secondary N) is 2. The predicted molar refractivity (Wildman–Crippen MR) is 96.0 cm³/mol. The Morgan fingerprint density at radius 1 is 1.15 bits per heavy atom. The molecule has 2 atom stereocenters. The standard InChI is InChI=1S/C18H26ClN3O4/c1-11(2)17(20)18(26)22-10-13(12-3-5-14(19)6-4-12)9-15(23)21-8-7-16(24)25/h3-6,11,13,17H,7-10,20H2,1-2H3,(H,21,23)(H,22,26)(H,24,25)/t13-,17-/m0/s1. The summed E-state index contributed by atoms with van der Waals surface area (Å²) in [5.74, 6) is -1.84. The lowest BCUT2D eigenvalue weighted by atomic mass is 9.94. The summed E-state index contributed by atoms with van der Waals surface area (Å²) in [4.78, 5) is 34.7. The normalized spacial score (nSPS) is 13.1. The van der Waals surface area contributed by atoms with Crippen LogP contribution in [0.25, 0.3) is 0 Å². The molecule has 0 aliphatic heterocycles. The van der Waals surface area contributed by atoms with Crippen molar-refractivity contribution in [2.24, 2.45) is 5.92 Å². The molecular weight excluding hydrogens is 358 g/mol. The predicted octanol–water partition coefficient (Wildman–Crippen LogP) is -0.547. The molecule has 0 spiro atoms. The highest BCUT2D eigenvalue weighted by Gasteiger charge is 2.23. The molecule has 0 fully saturated rings. The number of rotatable bonds is 10. The lowest BCUT2D eigenvalue weighted by Crippen LogP contribution is -2.69. The number of aliphatic carboxylic acids is 1. The summed E-state index contributed by atoms with van der Waals surface area (Å²) >= 11 is 5.91. The fourth-order valence-electron chi connectivity index (χ4n) is 2.30. The van der Waals surface area contributed by atoms with E-state index >= 15 is 0 Å². The van der Waals surface area contributed by atoms with Crippen molar-refractivity contribution < 1.29 is 25.2 Å². The van der Waals surface area contributed by atoms with E-state index in [0.717, 1.165) is 5.56 Å². The van der Waals surface area contributed by atoms with E-state index in [1.807, 2.05) is 13.8 Å². The number of quaternary nitrogens is 1. The summed E-state index contributed by atoms with van der Waals surface area (Å²) in [5.41, 5.74) is 4.70. The lowest BCUT2D eigenvalue weighted by Gasteiger charge is -2.20. The van der Waals surface area contributed by atoms with Crippen LogP contribution in [0.15, 0.2) is 24.3 Å². The van der Waals surface area contributed by atoms with Gasteiger partial charge in [-0.25, -0.2) is 0 Å². The van der Waals surface area contributed by atoms with Gasteiger partial charge in [0.1, 0.15) is 0 Å². The molecule has 0 unspecified atom stereocenters. The second-order valence-corrected chi connectivity index (χ2v) is 6.96. The van der Waals surface area contributed by atoms with Gasteiger partial charge >= 0.3 is 0 Å². The average Bonchev–Trinajstić information content (AvgIpc) is 2.57. The second kappa shape index (κ2) is 10.8.